The standard InChI is InChI=1S/C23H17ClN2O3/c1-14-6-12-17(13-7-14)25-23(26-22(29)15-8-10-16(24)11-9-15)20(27)18-4-2-3-5-19(18)21(23)28/h2-13,25H,1H3,(H,26,29). The third-order valence-electron chi connectivity index (χ3n) is 4.89. The fraction of sp³-hybridized carbons (Fsp3) is 0.0870. The number of Topliss-reactive ketones (excluding diaryl/α,β-unsaturated/α-hetero) is 2. The maximum atomic E-state index is 13.3. The van der Waals surface area contributed by atoms with Crippen LogP contribution >= 0.6 is 11.6 Å². The van der Waals surface area contributed by atoms with E-state index in [-0.39, 0.29) is 16.7 Å². The molecule has 0 atom stereocenters. The van der Waals surface area contributed by atoms with Gasteiger partial charge < -0.3 is 10.6 Å². The van der Waals surface area contributed by atoms with Gasteiger partial charge in [0.2, 0.25) is 17.2 Å². The highest BCUT2D eigenvalue weighted by Crippen LogP contribution is 2.32. The van der Waals surface area contributed by atoms with E-state index in [0.29, 0.717) is 10.7 Å². The summed E-state index contributed by atoms with van der Waals surface area (Å²) >= 11 is 5.89. The minimum Gasteiger partial charge on any atom is -0.350 e. The number of aryl methyl sites for hydroxylation is 1. The molecule has 0 heterocycles. The number of ketones is 2. The number of rotatable bonds is 4. The molecule has 144 valence electrons. The summed E-state index contributed by atoms with van der Waals surface area (Å²) in [6.07, 6.45) is 0. The number of hydrogen-bond acceptors (Lipinski definition) is 4. The van der Waals surface area contributed by atoms with Crippen molar-refractivity contribution in [1.82, 2.24) is 5.32 Å². The molecule has 0 radical (unpaired) electrons. The first-order valence-electron chi connectivity index (χ1n) is 9.02. The van der Waals surface area contributed by atoms with Gasteiger partial charge >= 0.3 is 0 Å². The second-order valence-electron chi connectivity index (χ2n) is 6.91. The van der Waals surface area contributed by atoms with Crippen molar-refractivity contribution in [3.63, 3.8) is 0 Å². The number of carbonyl (C=O) groups is 3. The largest absolute Gasteiger partial charge is 0.350 e. The van der Waals surface area contributed by atoms with Crippen LogP contribution in [-0.2, 0) is 0 Å². The van der Waals surface area contributed by atoms with Crippen LogP contribution in [0.25, 0.3) is 0 Å². The van der Waals surface area contributed by atoms with Crippen molar-refractivity contribution in [3.8, 4) is 0 Å². The van der Waals surface area contributed by atoms with Gasteiger partial charge in [0.15, 0.2) is 0 Å². The van der Waals surface area contributed by atoms with Gasteiger partial charge in [0, 0.05) is 27.4 Å². The van der Waals surface area contributed by atoms with Crippen molar-refractivity contribution in [2.24, 2.45) is 0 Å². The summed E-state index contributed by atoms with van der Waals surface area (Å²) in [5, 5.41) is 6.11. The van der Waals surface area contributed by atoms with Crippen LogP contribution in [0.5, 0.6) is 0 Å². The van der Waals surface area contributed by atoms with Crippen molar-refractivity contribution in [3.05, 3.63) is 100 Å². The maximum Gasteiger partial charge on any atom is 0.253 e. The SMILES string of the molecule is Cc1ccc(NC2(NC(=O)c3ccc(Cl)cc3)C(=O)c3ccccc3C2=O)cc1. The van der Waals surface area contributed by atoms with Crippen LogP contribution in [0.15, 0.2) is 72.8 Å². The normalized spacial score (nSPS) is 14.4. The van der Waals surface area contributed by atoms with Crippen molar-refractivity contribution < 1.29 is 14.4 Å². The number of nitrogens with one attached hydrogen (secondary N) is 2. The number of hydrogen-bond donors (Lipinski definition) is 2. The lowest BCUT2D eigenvalue weighted by atomic mass is 10.0. The molecule has 0 saturated carbocycles. The van der Waals surface area contributed by atoms with E-state index in [1.807, 2.05) is 19.1 Å². The average Bonchev–Trinajstić information content (AvgIpc) is 2.93. The van der Waals surface area contributed by atoms with Gasteiger partial charge in [-0.05, 0) is 43.3 Å². The Kier molecular flexibility index (Phi) is 4.68. The van der Waals surface area contributed by atoms with Crippen LogP contribution in [0.3, 0.4) is 0 Å². The van der Waals surface area contributed by atoms with Gasteiger partial charge in [-0.2, -0.15) is 0 Å². The first-order valence-corrected chi connectivity index (χ1v) is 9.40. The van der Waals surface area contributed by atoms with E-state index in [1.54, 1.807) is 48.5 Å². The van der Waals surface area contributed by atoms with Crippen molar-refractivity contribution in [1.29, 1.82) is 0 Å². The molecule has 0 aromatic heterocycles. The van der Waals surface area contributed by atoms with E-state index < -0.39 is 23.1 Å². The second-order valence-corrected chi connectivity index (χ2v) is 7.34. The minimum absolute atomic E-state index is 0.272. The molecule has 0 spiro atoms. The van der Waals surface area contributed by atoms with Crippen LogP contribution in [0, 0.1) is 6.92 Å². The molecular formula is C23H17ClN2O3. The Morgan fingerprint density at radius 1 is 0.828 bits per heavy atom. The summed E-state index contributed by atoms with van der Waals surface area (Å²) in [4.78, 5) is 39.5. The minimum atomic E-state index is -1.92. The van der Waals surface area contributed by atoms with Gasteiger partial charge in [-0.3, -0.25) is 14.4 Å². The van der Waals surface area contributed by atoms with Gasteiger partial charge in [-0.15, -0.1) is 0 Å². The number of fused-ring (bicyclic) bond motifs is 1. The smallest absolute Gasteiger partial charge is 0.253 e. The van der Waals surface area contributed by atoms with Crippen molar-refractivity contribution in [2.45, 2.75) is 12.6 Å². The molecule has 1 aliphatic carbocycles. The highest BCUT2D eigenvalue weighted by Gasteiger charge is 2.54. The summed E-state index contributed by atoms with van der Waals surface area (Å²) < 4.78 is 0. The number of carbonyl (C=O) groups excluding carboxylic acids is 3. The van der Waals surface area contributed by atoms with Gasteiger partial charge in [-0.25, -0.2) is 0 Å². The Hall–Kier alpha value is -3.44. The molecule has 6 heteroatoms. The number of anilines is 1. The molecule has 0 aliphatic heterocycles. The Balaban J connectivity index is 1.77. The monoisotopic (exact) mass is 404 g/mol. The highest BCUT2D eigenvalue weighted by molar-refractivity contribution is 6.35. The Bertz CT molecular complexity index is 1090. The summed E-state index contributed by atoms with van der Waals surface area (Å²) in [5.74, 6) is -1.56. The zero-order valence-corrected chi connectivity index (χ0v) is 16.3. The van der Waals surface area contributed by atoms with Crippen molar-refractivity contribution >= 4 is 34.8 Å². The number of halogens is 1. The first-order chi connectivity index (χ1) is 13.9. The molecule has 1 aliphatic rings. The summed E-state index contributed by atoms with van der Waals surface area (Å²) in [6.45, 7) is 1.93. The zero-order chi connectivity index (χ0) is 20.6. The van der Waals surface area contributed by atoms with E-state index in [2.05, 4.69) is 10.6 Å². The van der Waals surface area contributed by atoms with Gasteiger partial charge in [0.1, 0.15) is 0 Å². The Labute approximate surface area is 172 Å². The van der Waals surface area contributed by atoms with Crippen LogP contribution in [0.1, 0.15) is 36.6 Å². The van der Waals surface area contributed by atoms with Crippen LogP contribution in [-0.4, -0.2) is 23.1 Å². The lowest BCUT2D eigenvalue weighted by molar-refractivity contribution is 0.0726. The molecule has 0 saturated heterocycles. The summed E-state index contributed by atoms with van der Waals surface area (Å²) in [5.41, 5.74) is 0.483. The van der Waals surface area contributed by atoms with Gasteiger partial charge in [0.25, 0.3) is 5.91 Å². The molecule has 0 fully saturated rings. The summed E-state index contributed by atoms with van der Waals surface area (Å²) in [6, 6.07) is 20.0. The van der Waals surface area contributed by atoms with Crippen LogP contribution in [0.2, 0.25) is 5.02 Å². The molecule has 1 amide bonds. The lowest BCUT2D eigenvalue weighted by Crippen LogP contribution is -2.62. The van der Waals surface area contributed by atoms with Crippen LogP contribution in [0.4, 0.5) is 5.69 Å². The van der Waals surface area contributed by atoms with Gasteiger partial charge in [0.05, 0.1) is 0 Å². The Morgan fingerprint density at radius 3 is 1.93 bits per heavy atom. The van der Waals surface area contributed by atoms with E-state index in [1.165, 1.54) is 12.1 Å². The highest BCUT2D eigenvalue weighted by atomic mass is 35.5. The molecule has 3 aromatic carbocycles. The Morgan fingerprint density at radius 2 is 1.38 bits per heavy atom. The number of benzene rings is 3. The topological polar surface area (TPSA) is 75.3 Å². The average molecular weight is 405 g/mol. The lowest BCUT2D eigenvalue weighted by Gasteiger charge is -2.29. The quantitative estimate of drug-likeness (QED) is 0.503. The fourth-order valence-electron chi connectivity index (χ4n) is 3.34. The third-order valence-corrected chi connectivity index (χ3v) is 5.14. The van der Waals surface area contributed by atoms with E-state index in [9.17, 15) is 14.4 Å². The van der Waals surface area contributed by atoms with Crippen LogP contribution < -0.4 is 10.6 Å². The fourth-order valence-corrected chi connectivity index (χ4v) is 3.47. The zero-order valence-electron chi connectivity index (χ0n) is 15.5. The van der Waals surface area contributed by atoms with E-state index in [0.717, 1.165) is 5.56 Å². The summed E-state index contributed by atoms with van der Waals surface area (Å²) in [7, 11) is 0. The second kappa shape index (κ2) is 7.18. The third kappa shape index (κ3) is 3.30. The molecule has 4 rings (SSSR count). The molecule has 0 bridgehead atoms. The number of amides is 1. The maximum absolute atomic E-state index is 13.3. The molecule has 3 aromatic rings. The van der Waals surface area contributed by atoms with Crippen molar-refractivity contribution in [2.75, 3.05) is 5.32 Å². The predicted molar refractivity (Wildman–Crippen MR) is 112 cm³/mol. The predicted octanol–water partition coefficient (Wildman–Crippen LogP) is 4.27. The molecule has 29 heavy (non-hydrogen) atoms. The van der Waals surface area contributed by atoms with E-state index >= 15 is 0 Å². The van der Waals surface area contributed by atoms with E-state index in [4.69, 9.17) is 11.6 Å². The molecule has 0 unspecified atom stereocenters. The molecular weight excluding hydrogens is 388 g/mol. The molecule has 5 nitrogen and oxygen atoms in total. The van der Waals surface area contributed by atoms with Gasteiger partial charge in [-0.1, -0.05) is 53.6 Å². The molecule has 2 N–H and O–H groups in total. The first kappa shape index (κ1) is 18.9.